The van der Waals surface area contributed by atoms with Gasteiger partial charge in [-0.15, -0.1) is 11.8 Å². The second-order valence-corrected chi connectivity index (χ2v) is 13.0. The molecule has 1 aliphatic carbocycles. The zero-order chi connectivity index (χ0) is 28.0. The zero-order valence-corrected chi connectivity index (χ0v) is 25.1. The van der Waals surface area contributed by atoms with Crippen LogP contribution in [0.4, 0.5) is 11.4 Å². The molecule has 1 unspecified atom stereocenters. The number of benzene rings is 2. The molecule has 1 saturated heterocycles. The number of carbonyl (C=O) groups is 2. The molecule has 1 amide bonds. The van der Waals surface area contributed by atoms with Crippen LogP contribution in [0, 0.1) is 0 Å². The number of rotatable bonds is 8. The van der Waals surface area contributed by atoms with Crippen LogP contribution in [0.3, 0.4) is 0 Å². The van der Waals surface area contributed by atoms with Gasteiger partial charge in [0, 0.05) is 60.2 Å². The van der Waals surface area contributed by atoms with E-state index in [1.54, 1.807) is 23.4 Å². The highest BCUT2D eigenvalue weighted by Gasteiger charge is 2.40. The molecule has 1 saturated carbocycles. The first-order chi connectivity index (χ1) is 19.3. The van der Waals surface area contributed by atoms with E-state index in [-0.39, 0.29) is 17.6 Å². The van der Waals surface area contributed by atoms with Crippen LogP contribution in [0.25, 0.3) is 0 Å². The topological polar surface area (TPSA) is 81.9 Å². The molecule has 3 heterocycles. The summed E-state index contributed by atoms with van der Waals surface area (Å²) in [5, 5.41) is 11.0. The van der Waals surface area contributed by atoms with Gasteiger partial charge in [-0.2, -0.15) is 0 Å². The number of amides is 1. The average Bonchev–Trinajstić information content (AvgIpc) is 3.57. The van der Waals surface area contributed by atoms with Gasteiger partial charge in [-0.3, -0.25) is 9.69 Å². The molecule has 1 N–H and O–H groups in total. The molecule has 1 atom stereocenters. The Labute approximate surface area is 251 Å². The van der Waals surface area contributed by atoms with Crippen molar-refractivity contribution in [3.63, 3.8) is 0 Å². The minimum atomic E-state index is -1.02. The number of fused-ring (bicyclic) bond motifs is 1. The van der Waals surface area contributed by atoms with E-state index in [1.807, 2.05) is 23.1 Å². The molecular weight excluding hydrogens is 589 g/mol. The zero-order valence-electron chi connectivity index (χ0n) is 21.9. The molecule has 6 rings (SSSR count). The molecule has 12 heteroatoms. The summed E-state index contributed by atoms with van der Waals surface area (Å²) in [5.41, 5.74) is 4.02. The van der Waals surface area contributed by atoms with Crippen LogP contribution in [0.15, 0.2) is 47.8 Å². The monoisotopic (exact) mass is 617 g/mol. The number of carboxylic acid groups (broad SMARTS) is 1. The molecule has 1 aromatic heterocycles. The highest BCUT2D eigenvalue weighted by molar-refractivity contribution is 7.99. The third kappa shape index (κ3) is 5.44. The molecular formula is C28H29Cl2N5O3S2. The Hall–Kier alpha value is -2.37. The first-order valence-electron chi connectivity index (χ1n) is 13.1. The third-order valence-electron chi connectivity index (χ3n) is 7.67. The Morgan fingerprint density at radius 2 is 1.82 bits per heavy atom. The van der Waals surface area contributed by atoms with E-state index in [9.17, 15) is 14.7 Å². The van der Waals surface area contributed by atoms with Crippen LogP contribution in [-0.4, -0.2) is 68.2 Å². The quantitative estimate of drug-likeness (QED) is 0.327. The Balaban J connectivity index is 1.15. The Bertz CT molecular complexity index is 1460. The summed E-state index contributed by atoms with van der Waals surface area (Å²) in [6, 6.07) is 12.4. The Morgan fingerprint density at radius 3 is 2.55 bits per heavy atom. The van der Waals surface area contributed by atoms with Crippen LogP contribution >= 0.6 is 46.7 Å². The Morgan fingerprint density at radius 1 is 1.10 bits per heavy atom. The third-order valence-corrected chi connectivity index (χ3v) is 10.5. The van der Waals surface area contributed by atoms with E-state index < -0.39 is 5.97 Å². The van der Waals surface area contributed by atoms with Crippen molar-refractivity contribution in [2.75, 3.05) is 34.5 Å². The van der Waals surface area contributed by atoms with Gasteiger partial charge < -0.3 is 19.5 Å². The molecule has 2 aliphatic heterocycles. The maximum absolute atomic E-state index is 13.9. The summed E-state index contributed by atoms with van der Waals surface area (Å²) in [6.45, 7) is 2.09. The van der Waals surface area contributed by atoms with Crippen molar-refractivity contribution >= 4 is 70.0 Å². The number of nitrogens with zero attached hydrogens (tertiary/aromatic N) is 5. The average molecular weight is 619 g/mol. The summed E-state index contributed by atoms with van der Waals surface area (Å²) in [4.78, 5) is 36.0. The van der Waals surface area contributed by atoms with E-state index in [4.69, 9.17) is 23.2 Å². The first kappa shape index (κ1) is 27.8. The molecule has 0 bridgehead atoms. The fourth-order valence-corrected chi connectivity index (χ4v) is 8.07. The van der Waals surface area contributed by atoms with Gasteiger partial charge in [0.05, 0.1) is 23.6 Å². The van der Waals surface area contributed by atoms with E-state index in [0.29, 0.717) is 40.1 Å². The predicted octanol–water partition coefficient (Wildman–Crippen LogP) is 5.61. The number of aromatic carboxylic acids is 1. The number of halogens is 2. The molecule has 2 aromatic carbocycles. The van der Waals surface area contributed by atoms with Gasteiger partial charge >= 0.3 is 5.97 Å². The molecule has 3 aromatic rings. The summed E-state index contributed by atoms with van der Waals surface area (Å²) < 4.78 is 1.54. The van der Waals surface area contributed by atoms with Crippen LogP contribution < -0.4 is 9.80 Å². The van der Waals surface area contributed by atoms with Crippen molar-refractivity contribution in [3.05, 3.63) is 69.5 Å². The number of carboxylic acids is 1. The van der Waals surface area contributed by atoms with E-state index in [2.05, 4.69) is 33.0 Å². The summed E-state index contributed by atoms with van der Waals surface area (Å²) in [6.07, 6.45) is 3.80. The summed E-state index contributed by atoms with van der Waals surface area (Å²) >= 11 is 16.6. The van der Waals surface area contributed by atoms with Crippen LogP contribution in [-0.2, 0) is 24.1 Å². The molecule has 3 aliphatic rings. The molecule has 2 fully saturated rings. The summed E-state index contributed by atoms with van der Waals surface area (Å²) in [7, 11) is 1.67. The van der Waals surface area contributed by atoms with Gasteiger partial charge in [-0.05, 0) is 48.2 Å². The molecule has 0 spiro atoms. The van der Waals surface area contributed by atoms with Crippen LogP contribution in [0.2, 0.25) is 10.0 Å². The maximum Gasteiger partial charge on any atom is 0.354 e. The molecule has 8 nitrogen and oxygen atoms in total. The number of hydrogen-bond acceptors (Lipinski definition) is 7. The van der Waals surface area contributed by atoms with Crippen molar-refractivity contribution in [2.45, 2.75) is 42.4 Å². The number of carbonyl (C=O) groups excluding carboxylic acids is 1. The number of anilines is 2. The normalized spacial score (nSPS) is 19.2. The predicted molar refractivity (Wildman–Crippen MR) is 162 cm³/mol. The number of thioether (sulfide) groups is 2. The maximum atomic E-state index is 13.9. The molecule has 210 valence electrons. The van der Waals surface area contributed by atoms with Gasteiger partial charge in [-0.1, -0.05) is 47.1 Å². The molecule has 0 radical (unpaired) electrons. The fourth-order valence-electron chi connectivity index (χ4n) is 5.37. The largest absolute Gasteiger partial charge is 0.477 e. The number of imidazole rings is 1. The van der Waals surface area contributed by atoms with Gasteiger partial charge in [0.2, 0.25) is 5.91 Å². The standard InChI is InChI=1S/C28H29Cl2N5O3S2/c1-32-24(27(37)38)12-31-28(32)40-14-18-11-20(29)17(10-21(18)30)13-33-16-39-15-25(33)26(36)35-9-8-34(19-6-7-19)22-4-2-3-5-23(22)35/h2-5,10-12,19,25H,6-9,13-16H2,1H3,(H,37,38). The van der Waals surface area contributed by atoms with Gasteiger partial charge in [-0.25, -0.2) is 9.78 Å². The van der Waals surface area contributed by atoms with Gasteiger partial charge in [0.25, 0.3) is 0 Å². The molecule has 40 heavy (non-hydrogen) atoms. The number of para-hydroxylation sites is 2. The first-order valence-corrected chi connectivity index (χ1v) is 16.0. The van der Waals surface area contributed by atoms with Crippen molar-refractivity contribution < 1.29 is 14.7 Å². The second kappa shape index (κ2) is 11.5. The second-order valence-electron chi connectivity index (χ2n) is 10.3. The lowest BCUT2D eigenvalue weighted by Crippen LogP contribution is -2.52. The van der Waals surface area contributed by atoms with Gasteiger partial charge in [0.15, 0.2) is 5.16 Å². The van der Waals surface area contributed by atoms with Crippen LogP contribution in [0.1, 0.15) is 34.5 Å². The minimum Gasteiger partial charge on any atom is -0.477 e. The lowest BCUT2D eigenvalue weighted by atomic mass is 10.1. The van der Waals surface area contributed by atoms with E-state index in [0.717, 1.165) is 40.7 Å². The van der Waals surface area contributed by atoms with Crippen LogP contribution in [0.5, 0.6) is 0 Å². The lowest BCUT2D eigenvalue weighted by Gasteiger charge is -2.39. The van der Waals surface area contributed by atoms with E-state index in [1.165, 1.54) is 30.8 Å². The smallest absolute Gasteiger partial charge is 0.354 e. The Kier molecular flexibility index (Phi) is 7.98. The van der Waals surface area contributed by atoms with Crippen molar-refractivity contribution in [1.29, 1.82) is 0 Å². The SMILES string of the molecule is Cn1c(C(=O)O)cnc1SCc1cc(Cl)c(CN2CSCC2C(=O)N2CCN(C3CC3)c3ccccc32)cc1Cl. The summed E-state index contributed by atoms with van der Waals surface area (Å²) in [5.74, 6) is 1.10. The van der Waals surface area contributed by atoms with E-state index >= 15 is 0 Å². The lowest BCUT2D eigenvalue weighted by molar-refractivity contribution is -0.122. The minimum absolute atomic E-state index is 0.128. The number of hydrogen-bond donors (Lipinski definition) is 1. The highest BCUT2D eigenvalue weighted by atomic mass is 35.5. The van der Waals surface area contributed by atoms with Crippen molar-refractivity contribution in [2.24, 2.45) is 7.05 Å². The highest BCUT2D eigenvalue weighted by Crippen LogP contribution is 2.41. The number of aromatic nitrogens is 2. The van der Waals surface area contributed by atoms with Crippen molar-refractivity contribution in [3.8, 4) is 0 Å². The van der Waals surface area contributed by atoms with Gasteiger partial charge in [0.1, 0.15) is 5.69 Å². The fraction of sp³-hybridized carbons (Fsp3) is 0.393. The van der Waals surface area contributed by atoms with Crippen molar-refractivity contribution in [1.82, 2.24) is 14.5 Å².